The van der Waals surface area contributed by atoms with Gasteiger partial charge in [-0.2, -0.15) is 0 Å². The van der Waals surface area contributed by atoms with Gasteiger partial charge in [-0.05, 0) is 48.5 Å². The lowest BCUT2D eigenvalue weighted by Gasteiger charge is -2.32. The van der Waals surface area contributed by atoms with Crippen molar-refractivity contribution in [2.45, 2.75) is 23.6 Å². The second kappa shape index (κ2) is 11.6. The van der Waals surface area contributed by atoms with Crippen molar-refractivity contribution in [3.8, 4) is 34.2 Å². The maximum absolute atomic E-state index is 4.87. The monoisotopic (exact) mass is 536 g/mol. The number of fused-ring (bicyclic) bond motifs is 2. The predicted octanol–water partition coefficient (Wildman–Crippen LogP) is 9.83. The topological polar surface area (TPSA) is 41.9 Å². The first-order valence-electron chi connectivity index (χ1n) is 13.5. The van der Waals surface area contributed by atoms with E-state index in [4.69, 9.17) is 15.0 Å². The molecular formula is C35H28N4S. The van der Waals surface area contributed by atoms with Crippen molar-refractivity contribution in [1.29, 1.82) is 0 Å². The van der Waals surface area contributed by atoms with Gasteiger partial charge in [0.2, 0.25) is 0 Å². The van der Waals surface area contributed by atoms with E-state index in [2.05, 4.69) is 77.7 Å². The molecule has 0 unspecified atom stereocenters. The molecule has 40 heavy (non-hydrogen) atoms. The molecule has 0 radical (unpaired) electrons. The third-order valence-electron chi connectivity index (χ3n) is 6.52. The van der Waals surface area contributed by atoms with Crippen LogP contribution in [0.3, 0.4) is 0 Å². The smallest absolute Gasteiger partial charge is 0.164 e. The van der Waals surface area contributed by atoms with Crippen LogP contribution in [0.15, 0.2) is 143 Å². The summed E-state index contributed by atoms with van der Waals surface area (Å²) in [6, 6.07) is 45.7. The quantitative estimate of drug-likeness (QED) is 0.224. The van der Waals surface area contributed by atoms with Crippen LogP contribution in [0.2, 0.25) is 0 Å². The number of anilines is 3. The fourth-order valence-corrected chi connectivity index (χ4v) is 5.74. The molecule has 4 nitrogen and oxygen atoms in total. The van der Waals surface area contributed by atoms with Crippen LogP contribution in [0.25, 0.3) is 34.2 Å². The summed E-state index contributed by atoms with van der Waals surface area (Å²) < 4.78 is 0. The molecule has 0 aliphatic carbocycles. The Morgan fingerprint density at radius 2 is 0.800 bits per heavy atom. The normalized spacial score (nSPS) is 11.6. The Hall–Kier alpha value is -4.74. The van der Waals surface area contributed by atoms with Gasteiger partial charge in [0.25, 0.3) is 0 Å². The number of rotatable bonds is 4. The lowest BCUT2D eigenvalue weighted by molar-refractivity contribution is 1.07. The van der Waals surface area contributed by atoms with Gasteiger partial charge in [-0.25, -0.2) is 15.0 Å². The first kappa shape index (κ1) is 25.5. The minimum Gasteiger partial charge on any atom is -0.308 e. The Kier molecular flexibility index (Phi) is 7.38. The highest BCUT2D eigenvalue weighted by molar-refractivity contribution is 7.99. The van der Waals surface area contributed by atoms with E-state index >= 15 is 0 Å². The highest BCUT2D eigenvalue weighted by atomic mass is 32.2. The number of benzene rings is 5. The molecule has 0 saturated carbocycles. The molecule has 194 valence electrons. The number of nitrogens with zero attached hydrogens (tertiary/aromatic N) is 4. The first-order valence-corrected chi connectivity index (χ1v) is 14.3. The summed E-state index contributed by atoms with van der Waals surface area (Å²) >= 11 is 1.81. The molecule has 1 aliphatic rings. The Morgan fingerprint density at radius 1 is 0.425 bits per heavy atom. The van der Waals surface area contributed by atoms with Crippen molar-refractivity contribution in [3.05, 3.63) is 133 Å². The fraction of sp³-hybridized carbons (Fsp3) is 0.0571. The van der Waals surface area contributed by atoms with Crippen LogP contribution in [0.1, 0.15) is 13.8 Å². The summed E-state index contributed by atoms with van der Waals surface area (Å²) in [5.41, 5.74) is 6.32. The second-order valence-corrected chi connectivity index (χ2v) is 10.0. The van der Waals surface area contributed by atoms with E-state index < -0.39 is 0 Å². The molecule has 7 rings (SSSR count). The third kappa shape index (κ3) is 4.99. The molecule has 0 amide bonds. The van der Waals surface area contributed by atoms with Crippen LogP contribution < -0.4 is 4.90 Å². The maximum Gasteiger partial charge on any atom is 0.164 e. The lowest BCUT2D eigenvalue weighted by atomic mass is 10.1. The lowest BCUT2D eigenvalue weighted by Crippen LogP contribution is -2.14. The molecule has 0 N–H and O–H groups in total. The minimum absolute atomic E-state index is 0.652. The molecule has 0 atom stereocenters. The highest BCUT2D eigenvalue weighted by Crippen LogP contribution is 2.51. The Bertz CT molecular complexity index is 1630. The van der Waals surface area contributed by atoms with Crippen molar-refractivity contribution in [1.82, 2.24) is 15.0 Å². The third-order valence-corrected chi connectivity index (χ3v) is 7.65. The zero-order valence-corrected chi connectivity index (χ0v) is 23.2. The molecule has 1 aliphatic heterocycles. The Labute approximate surface area is 239 Å². The number of hydrogen-bond donors (Lipinski definition) is 0. The minimum atomic E-state index is 0.652. The summed E-state index contributed by atoms with van der Waals surface area (Å²) in [5.74, 6) is 1.98. The molecule has 2 heterocycles. The molecule has 0 saturated heterocycles. The molecular weight excluding hydrogens is 508 g/mol. The van der Waals surface area contributed by atoms with Gasteiger partial charge in [0.1, 0.15) is 0 Å². The van der Waals surface area contributed by atoms with Crippen molar-refractivity contribution in [3.63, 3.8) is 0 Å². The van der Waals surface area contributed by atoms with E-state index in [0.29, 0.717) is 17.5 Å². The van der Waals surface area contributed by atoms with E-state index in [-0.39, 0.29) is 0 Å². The fourth-order valence-electron chi connectivity index (χ4n) is 4.68. The average Bonchev–Trinajstić information content (AvgIpc) is 3.05. The first-order chi connectivity index (χ1) is 19.8. The van der Waals surface area contributed by atoms with Crippen molar-refractivity contribution < 1.29 is 0 Å². The van der Waals surface area contributed by atoms with E-state index in [0.717, 1.165) is 22.4 Å². The molecule has 0 bridgehead atoms. The van der Waals surface area contributed by atoms with Crippen LogP contribution in [0.5, 0.6) is 0 Å². The van der Waals surface area contributed by atoms with Gasteiger partial charge in [-0.1, -0.05) is 111 Å². The van der Waals surface area contributed by atoms with E-state index in [1.165, 1.54) is 21.2 Å². The summed E-state index contributed by atoms with van der Waals surface area (Å²) in [4.78, 5) is 19.4. The van der Waals surface area contributed by atoms with Gasteiger partial charge < -0.3 is 4.90 Å². The molecule has 0 spiro atoms. The van der Waals surface area contributed by atoms with Crippen molar-refractivity contribution in [2.24, 2.45) is 0 Å². The Morgan fingerprint density at radius 3 is 1.25 bits per heavy atom. The maximum atomic E-state index is 4.87. The summed E-state index contributed by atoms with van der Waals surface area (Å²) in [7, 11) is 0. The molecule has 5 aromatic carbocycles. The highest BCUT2D eigenvalue weighted by Gasteiger charge is 2.24. The molecule has 0 fully saturated rings. The zero-order chi connectivity index (χ0) is 27.3. The number of aromatic nitrogens is 3. The summed E-state index contributed by atoms with van der Waals surface area (Å²) in [6.07, 6.45) is 0. The Balaban J connectivity index is 0.00000142. The molecule has 5 heteroatoms. The standard InChI is InChI=1S/C33H22N4S.C2H6/c1-3-11-23(12-4-1)31-34-32(24-13-5-2-6-14-24)36-33(35-31)25-19-21-26(22-20-25)37-27-15-7-9-17-29(27)38-30-18-10-8-16-28(30)37;1-2/h1-22H;1-2H3. The van der Waals surface area contributed by atoms with Crippen LogP contribution in [-0.4, -0.2) is 15.0 Å². The molecule has 1 aromatic heterocycles. The SMILES string of the molecule is CC.c1ccc(-c2nc(-c3ccccc3)nc(-c3ccc(N4c5ccccc5Sc5ccccc54)cc3)n2)cc1. The molecule has 6 aromatic rings. The predicted molar refractivity (Wildman–Crippen MR) is 166 cm³/mol. The van der Waals surface area contributed by atoms with Gasteiger partial charge in [-0.15, -0.1) is 0 Å². The zero-order valence-electron chi connectivity index (χ0n) is 22.4. The van der Waals surface area contributed by atoms with E-state index in [1.54, 1.807) is 0 Å². The average molecular weight is 537 g/mol. The van der Waals surface area contributed by atoms with Gasteiger partial charge in [0.15, 0.2) is 17.5 Å². The van der Waals surface area contributed by atoms with Gasteiger partial charge in [0.05, 0.1) is 11.4 Å². The van der Waals surface area contributed by atoms with Gasteiger partial charge in [0, 0.05) is 32.2 Å². The van der Waals surface area contributed by atoms with Crippen LogP contribution >= 0.6 is 11.8 Å². The summed E-state index contributed by atoms with van der Waals surface area (Å²) in [5, 5.41) is 0. The van der Waals surface area contributed by atoms with Crippen LogP contribution in [0, 0.1) is 0 Å². The summed E-state index contributed by atoms with van der Waals surface area (Å²) in [6.45, 7) is 4.00. The van der Waals surface area contributed by atoms with Crippen LogP contribution in [0.4, 0.5) is 17.1 Å². The van der Waals surface area contributed by atoms with Crippen molar-refractivity contribution in [2.75, 3.05) is 4.90 Å². The van der Waals surface area contributed by atoms with Crippen LogP contribution in [-0.2, 0) is 0 Å². The van der Waals surface area contributed by atoms with E-state index in [9.17, 15) is 0 Å². The van der Waals surface area contributed by atoms with Gasteiger partial charge >= 0.3 is 0 Å². The second-order valence-electron chi connectivity index (χ2n) is 8.96. The largest absolute Gasteiger partial charge is 0.308 e. The van der Waals surface area contributed by atoms with Gasteiger partial charge in [-0.3, -0.25) is 0 Å². The van der Waals surface area contributed by atoms with Crippen molar-refractivity contribution >= 4 is 28.8 Å². The number of para-hydroxylation sites is 2. The number of hydrogen-bond acceptors (Lipinski definition) is 5. The van der Waals surface area contributed by atoms with E-state index in [1.807, 2.05) is 86.3 Å².